The Balaban J connectivity index is 1.82. The molecule has 104 valence electrons. The van der Waals surface area contributed by atoms with Crippen LogP contribution >= 0.6 is 0 Å². The molecule has 0 aliphatic carbocycles. The van der Waals surface area contributed by atoms with Crippen molar-refractivity contribution in [2.45, 2.75) is 25.0 Å². The van der Waals surface area contributed by atoms with Gasteiger partial charge < -0.3 is 19.5 Å². The summed E-state index contributed by atoms with van der Waals surface area (Å²) in [5, 5.41) is 3.35. The number of aryl methyl sites for hydroxylation is 1. The van der Waals surface area contributed by atoms with Crippen LogP contribution in [0.2, 0.25) is 0 Å². The number of hydrogen-bond donors (Lipinski definition) is 1. The number of rotatable bonds is 3. The van der Waals surface area contributed by atoms with Crippen molar-refractivity contribution in [2.75, 3.05) is 33.5 Å². The van der Waals surface area contributed by atoms with E-state index in [1.165, 1.54) is 11.1 Å². The summed E-state index contributed by atoms with van der Waals surface area (Å²) in [6, 6.07) is 6.63. The van der Waals surface area contributed by atoms with E-state index in [1.807, 2.05) is 7.05 Å². The minimum absolute atomic E-state index is 0.0845. The molecule has 3 rings (SSSR count). The van der Waals surface area contributed by atoms with Crippen LogP contribution in [-0.4, -0.2) is 39.6 Å². The molecule has 0 saturated carbocycles. The van der Waals surface area contributed by atoms with Crippen molar-refractivity contribution in [3.8, 4) is 5.75 Å². The van der Waals surface area contributed by atoms with Crippen LogP contribution in [0.15, 0.2) is 18.2 Å². The van der Waals surface area contributed by atoms with Gasteiger partial charge in [0.15, 0.2) is 0 Å². The second-order valence-corrected chi connectivity index (χ2v) is 5.07. The molecule has 0 spiro atoms. The number of hydrogen-bond acceptors (Lipinski definition) is 4. The van der Waals surface area contributed by atoms with Crippen molar-refractivity contribution in [1.29, 1.82) is 0 Å². The molecule has 0 bridgehead atoms. The Morgan fingerprint density at radius 2 is 2.21 bits per heavy atom. The smallest absolute Gasteiger partial charge is 0.122 e. The fourth-order valence-electron chi connectivity index (χ4n) is 2.84. The van der Waals surface area contributed by atoms with Crippen LogP contribution in [0.3, 0.4) is 0 Å². The lowest BCUT2D eigenvalue weighted by Gasteiger charge is -2.31. The van der Waals surface area contributed by atoms with Crippen LogP contribution in [0.5, 0.6) is 5.75 Å². The second-order valence-electron chi connectivity index (χ2n) is 5.07. The lowest BCUT2D eigenvalue weighted by Crippen LogP contribution is -2.39. The Hall–Kier alpha value is -1.10. The lowest BCUT2D eigenvalue weighted by atomic mass is 9.96. The zero-order valence-corrected chi connectivity index (χ0v) is 11.4. The minimum Gasteiger partial charge on any atom is -0.493 e. The first-order valence-electron chi connectivity index (χ1n) is 7.01. The predicted molar refractivity (Wildman–Crippen MR) is 72.6 cm³/mol. The van der Waals surface area contributed by atoms with Gasteiger partial charge in [0, 0.05) is 0 Å². The summed E-state index contributed by atoms with van der Waals surface area (Å²) in [5.41, 5.74) is 2.56. The Labute approximate surface area is 114 Å². The van der Waals surface area contributed by atoms with Crippen LogP contribution in [-0.2, 0) is 15.9 Å². The monoisotopic (exact) mass is 263 g/mol. The molecule has 0 radical (unpaired) electrons. The molecule has 2 unspecified atom stereocenters. The summed E-state index contributed by atoms with van der Waals surface area (Å²) in [6.07, 6.45) is 2.28. The first kappa shape index (κ1) is 12.9. The van der Waals surface area contributed by atoms with Gasteiger partial charge in [0.2, 0.25) is 0 Å². The summed E-state index contributed by atoms with van der Waals surface area (Å²) in [4.78, 5) is 0. The number of benzene rings is 1. The number of likely N-dealkylation sites (N-methyl/N-ethyl adjacent to an activating group) is 1. The Morgan fingerprint density at radius 3 is 3.00 bits per heavy atom. The standard InChI is InChI=1S/C15H21NO3/c1-16-15(14-10-17-7-8-19-14)12-4-5-13-11(9-12)3-2-6-18-13/h4-5,9,14-16H,2-3,6-8,10H2,1H3. The van der Waals surface area contributed by atoms with Gasteiger partial charge in [-0.3, -0.25) is 0 Å². The van der Waals surface area contributed by atoms with Crippen molar-refractivity contribution < 1.29 is 14.2 Å². The van der Waals surface area contributed by atoms with Gasteiger partial charge in [0.25, 0.3) is 0 Å². The van der Waals surface area contributed by atoms with Gasteiger partial charge in [-0.15, -0.1) is 0 Å². The van der Waals surface area contributed by atoms with Crippen molar-refractivity contribution in [3.63, 3.8) is 0 Å². The summed E-state index contributed by atoms with van der Waals surface area (Å²) < 4.78 is 17.0. The number of ether oxygens (including phenoxy) is 3. The van der Waals surface area contributed by atoms with E-state index in [0.717, 1.165) is 25.2 Å². The van der Waals surface area contributed by atoms with Crippen molar-refractivity contribution in [2.24, 2.45) is 0 Å². The van der Waals surface area contributed by atoms with E-state index >= 15 is 0 Å². The van der Waals surface area contributed by atoms with E-state index in [4.69, 9.17) is 14.2 Å². The van der Waals surface area contributed by atoms with Crippen molar-refractivity contribution >= 4 is 0 Å². The zero-order valence-electron chi connectivity index (χ0n) is 11.4. The molecule has 2 aliphatic heterocycles. The molecule has 2 atom stereocenters. The van der Waals surface area contributed by atoms with E-state index in [-0.39, 0.29) is 12.1 Å². The third-order valence-electron chi connectivity index (χ3n) is 3.82. The Morgan fingerprint density at radius 1 is 1.26 bits per heavy atom. The molecular weight excluding hydrogens is 242 g/mol. The van der Waals surface area contributed by atoms with Crippen LogP contribution in [0, 0.1) is 0 Å². The molecule has 2 aliphatic rings. The maximum absolute atomic E-state index is 5.81. The maximum Gasteiger partial charge on any atom is 0.122 e. The van der Waals surface area contributed by atoms with Crippen molar-refractivity contribution in [3.05, 3.63) is 29.3 Å². The Bertz CT molecular complexity index is 429. The van der Waals surface area contributed by atoms with Crippen LogP contribution in [0.25, 0.3) is 0 Å². The molecule has 4 heteroatoms. The van der Waals surface area contributed by atoms with Gasteiger partial charge in [-0.2, -0.15) is 0 Å². The third-order valence-corrected chi connectivity index (χ3v) is 3.82. The molecule has 1 aromatic carbocycles. The number of fused-ring (bicyclic) bond motifs is 1. The maximum atomic E-state index is 5.81. The first-order valence-corrected chi connectivity index (χ1v) is 7.01. The first-order chi connectivity index (χ1) is 9.38. The summed E-state index contributed by atoms with van der Waals surface area (Å²) in [6.45, 7) is 2.86. The average Bonchev–Trinajstić information content (AvgIpc) is 2.49. The van der Waals surface area contributed by atoms with E-state index in [9.17, 15) is 0 Å². The molecule has 0 amide bonds. The third kappa shape index (κ3) is 2.76. The fraction of sp³-hybridized carbons (Fsp3) is 0.600. The quantitative estimate of drug-likeness (QED) is 0.901. The van der Waals surface area contributed by atoms with Gasteiger partial charge in [0.05, 0.1) is 32.5 Å². The van der Waals surface area contributed by atoms with E-state index in [2.05, 4.69) is 23.5 Å². The summed E-state index contributed by atoms with van der Waals surface area (Å²) in [5.74, 6) is 1.03. The SMILES string of the molecule is CNC(c1ccc2c(c1)CCCO2)C1COCCO1. The summed E-state index contributed by atoms with van der Waals surface area (Å²) in [7, 11) is 1.97. The highest BCUT2D eigenvalue weighted by atomic mass is 16.6. The molecule has 0 aromatic heterocycles. The minimum atomic E-state index is 0.0845. The van der Waals surface area contributed by atoms with Crippen LogP contribution in [0.4, 0.5) is 0 Å². The molecule has 1 N–H and O–H groups in total. The Kier molecular flexibility index (Phi) is 4.01. The van der Waals surface area contributed by atoms with Crippen LogP contribution < -0.4 is 10.1 Å². The number of nitrogens with one attached hydrogen (secondary N) is 1. The fourth-order valence-corrected chi connectivity index (χ4v) is 2.84. The zero-order chi connectivity index (χ0) is 13.1. The van der Waals surface area contributed by atoms with Crippen LogP contribution in [0.1, 0.15) is 23.6 Å². The van der Waals surface area contributed by atoms with Crippen molar-refractivity contribution in [1.82, 2.24) is 5.32 Å². The highest BCUT2D eigenvalue weighted by Crippen LogP contribution is 2.29. The highest BCUT2D eigenvalue weighted by Gasteiger charge is 2.26. The van der Waals surface area contributed by atoms with Gasteiger partial charge in [-0.1, -0.05) is 12.1 Å². The molecular formula is C15H21NO3. The average molecular weight is 263 g/mol. The van der Waals surface area contributed by atoms with Gasteiger partial charge in [-0.25, -0.2) is 0 Å². The molecule has 1 saturated heterocycles. The van der Waals surface area contributed by atoms with E-state index in [1.54, 1.807) is 0 Å². The van der Waals surface area contributed by atoms with Gasteiger partial charge >= 0.3 is 0 Å². The highest BCUT2D eigenvalue weighted by molar-refractivity contribution is 5.40. The topological polar surface area (TPSA) is 39.7 Å². The molecule has 19 heavy (non-hydrogen) atoms. The summed E-state index contributed by atoms with van der Waals surface area (Å²) >= 11 is 0. The largest absolute Gasteiger partial charge is 0.493 e. The van der Waals surface area contributed by atoms with E-state index in [0.29, 0.717) is 19.8 Å². The second kappa shape index (κ2) is 5.90. The molecule has 1 fully saturated rings. The molecule has 4 nitrogen and oxygen atoms in total. The predicted octanol–water partition coefficient (Wildman–Crippen LogP) is 1.69. The lowest BCUT2D eigenvalue weighted by molar-refractivity contribution is -0.101. The van der Waals surface area contributed by atoms with E-state index < -0.39 is 0 Å². The van der Waals surface area contributed by atoms with Gasteiger partial charge in [-0.05, 0) is 37.1 Å². The molecule has 1 aromatic rings. The normalized spacial score (nSPS) is 24.4. The molecule has 2 heterocycles. The van der Waals surface area contributed by atoms with Gasteiger partial charge in [0.1, 0.15) is 11.9 Å².